The van der Waals surface area contributed by atoms with E-state index in [-0.39, 0.29) is 0 Å². The fourth-order valence-electron chi connectivity index (χ4n) is 2.33. The minimum absolute atomic E-state index is 0.581. The van der Waals surface area contributed by atoms with Crippen molar-refractivity contribution in [3.05, 3.63) is 44.9 Å². The van der Waals surface area contributed by atoms with E-state index in [0.717, 1.165) is 39.9 Å². The molecule has 1 aromatic heterocycles. The Labute approximate surface area is 110 Å². The summed E-state index contributed by atoms with van der Waals surface area (Å²) < 4.78 is 5.48. The van der Waals surface area contributed by atoms with E-state index < -0.39 is 6.10 Å². The highest BCUT2D eigenvalue weighted by atomic mass is 32.1. The molecule has 1 N–H and O–H groups in total. The van der Waals surface area contributed by atoms with Crippen molar-refractivity contribution in [1.82, 2.24) is 4.98 Å². The van der Waals surface area contributed by atoms with Gasteiger partial charge in [-0.25, -0.2) is 4.98 Å². The van der Waals surface area contributed by atoms with E-state index in [9.17, 15) is 5.11 Å². The molecule has 1 atom stereocenters. The molecule has 0 saturated carbocycles. The number of hydrogen-bond donors (Lipinski definition) is 1. The smallest absolute Gasteiger partial charge is 0.122 e. The summed E-state index contributed by atoms with van der Waals surface area (Å²) in [5.41, 5.74) is 3.03. The van der Waals surface area contributed by atoms with Crippen LogP contribution in [0.1, 0.15) is 32.8 Å². The lowest BCUT2D eigenvalue weighted by Crippen LogP contribution is -1.99. The zero-order chi connectivity index (χ0) is 12.7. The van der Waals surface area contributed by atoms with Crippen molar-refractivity contribution in [2.45, 2.75) is 26.4 Å². The van der Waals surface area contributed by atoms with Crippen LogP contribution in [-0.2, 0) is 6.42 Å². The zero-order valence-corrected chi connectivity index (χ0v) is 11.3. The molecule has 0 radical (unpaired) electrons. The van der Waals surface area contributed by atoms with Crippen LogP contribution in [0.3, 0.4) is 0 Å². The van der Waals surface area contributed by atoms with E-state index in [4.69, 9.17) is 4.74 Å². The van der Waals surface area contributed by atoms with Gasteiger partial charge in [0.25, 0.3) is 0 Å². The minimum Gasteiger partial charge on any atom is -0.493 e. The van der Waals surface area contributed by atoms with E-state index >= 15 is 0 Å². The number of aliphatic hydroxyl groups excluding tert-OH is 1. The number of aryl methyl sites for hydroxylation is 2. The summed E-state index contributed by atoms with van der Waals surface area (Å²) in [6.45, 7) is 4.65. The lowest BCUT2D eigenvalue weighted by molar-refractivity contribution is 0.223. The predicted molar refractivity (Wildman–Crippen MR) is 71.3 cm³/mol. The van der Waals surface area contributed by atoms with Crippen LogP contribution in [0, 0.1) is 13.8 Å². The van der Waals surface area contributed by atoms with Gasteiger partial charge >= 0.3 is 0 Å². The molecule has 1 aliphatic heterocycles. The maximum atomic E-state index is 10.4. The standard InChI is InChI=1S/C14H15NO2S/c1-8-14(18-9(2)15-8)13(16)11-3-4-12-10(7-11)5-6-17-12/h3-4,7,13,16H,5-6H2,1-2H3. The molecule has 1 unspecified atom stereocenters. The first-order chi connectivity index (χ1) is 8.65. The number of fused-ring (bicyclic) bond motifs is 1. The van der Waals surface area contributed by atoms with Crippen molar-refractivity contribution in [3.8, 4) is 5.75 Å². The monoisotopic (exact) mass is 261 g/mol. The maximum absolute atomic E-state index is 10.4. The predicted octanol–water partition coefficient (Wildman–Crippen LogP) is 2.78. The highest BCUT2D eigenvalue weighted by Gasteiger charge is 2.19. The first-order valence-electron chi connectivity index (χ1n) is 6.03. The van der Waals surface area contributed by atoms with Gasteiger partial charge in [0, 0.05) is 6.42 Å². The lowest BCUT2D eigenvalue weighted by atomic mass is 10.0. The van der Waals surface area contributed by atoms with Gasteiger partial charge in [-0.3, -0.25) is 0 Å². The molecule has 3 nitrogen and oxygen atoms in total. The number of aromatic nitrogens is 1. The SMILES string of the molecule is Cc1nc(C)c(C(O)c2ccc3c(c2)CCO3)s1. The summed E-state index contributed by atoms with van der Waals surface area (Å²) in [4.78, 5) is 5.30. The molecule has 2 heterocycles. The lowest BCUT2D eigenvalue weighted by Gasteiger charge is -2.11. The molecule has 0 spiro atoms. The Balaban J connectivity index is 1.97. The number of aliphatic hydroxyl groups is 1. The van der Waals surface area contributed by atoms with Crippen molar-refractivity contribution >= 4 is 11.3 Å². The van der Waals surface area contributed by atoms with Crippen molar-refractivity contribution in [1.29, 1.82) is 0 Å². The topological polar surface area (TPSA) is 42.4 Å². The first-order valence-corrected chi connectivity index (χ1v) is 6.84. The Morgan fingerprint density at radius 1 is 1.39 bits per heavy atom. The maximum Gasteiger partial charge on any atom is 0.122 e. The Hall–Kier alpha value is -1.39. The van der Waals surface area contributed by atoms with E-state index in [1.807, 2.05) is 32.0 Å². The second-order valence-corrected chi connectivity index (χ2v) is 5.79. The van der Waals surface area contributed by atoms with Gasteiger partial charge in [0.2, 0.25) is 0 Å². The molecule has 2 aromatic rings. The average Bonchev–Trinajstić information content (AvgIpc) is 2.93. The van der Waals surface area contributed by atoms with Crippen molar-refractivity contribution in [2.75, 3.05) is 6.61 Å². The summed E-state index contributed by atoms with van der Waals surface area (Å²) in [7, 11) is 0. The van der Waals surface area contributed by atoms with Gasteiger partial charge < -0.3 is 9.84 Å². The fourth-order valence-corrected chi connectivity index (χ4v) is 3.27. The van der Waals surface area contributed by atoms with Crippen molar-refractivity contribution in [3.63, 3.8) is 0 Å². The van der Waals surface area contributed by atoms with Gasteiger partial charge in [-0.1, -0.05) is 6.07 Å². The molecular formula is C14H15NO2S. The quantitative estimate of drug-likeness (QED) is 0.904. The number of rotatable bonds is 2. The van der Waals surface area contributed by atoms with Gasteiger partial charge in [0.05, 0.1) is 22.2 Å². The van der Waals surface area contributed by atoms with E-state index in [1.165, 1.54) is 5.56 Å². The molecule has 18 heavy (non-hydrogen) atoms. The van der Waals surface area contributed by atoms with E-state index in [1.54, 1.807) is 11.3 Å². The third kappa shape index (κ3) is 1.91. The molecule has 0 aliphatic carbocycles. The Kier molecular flexibility index (Phi) is 2.84. The van der Waals surface area contributed by atoms with Crippen LogP contribution in [0.5, 0.6) is 5.75 Å². The summed E-state index contributed by atoms with van der Waals surface area (Å²) >= 11 is 1.56. The Bertz CT molecular complexity index is 591. The summed E-state index contributed by atoms with van der Waals surface area (Å²) in [6, 6.07) is 5.93. The third-order valence-electron chi connectivity index (χ3n) is 3.22. The van der Waals surface area contributed by atoms with Gasteiger partial charge in [-0.2, -0.15) is 0 Å². The largest absolute Gasteiger partial charge is 0.493 e. The molecule has 1 aromatic carbocycles. The summed E-state index contributed by atoms with van der Waals surface area (Å²) in [5.74, 6) is 0.947. The third-order valence-corrected chi connectivity index (χ3v) is 4.34. The van der Waals surface area contributed by atoms with Crippen molar-refractivity contribution in [2.24, 2.45) is 0 Å². The van der Waals surface area contributed by atoms with Crippen LogP contribution < -0.4 is 4.74 Å². The molecule has 0 fully saturated rings. The Morgan fingerprint density at radius 2 is 2.22 bits per heavy atom. The van der Waals surface area contributed by atoms with Crippen LogP contribution in [0.2, 0.25) is 0 Å². The van der Waals surface area contributed by atoms with Crippen LogP contribution in [0.25, 0.3) is 0 Å². The highest BCUT2D eigenvalue weighted by molar-refractivity contribution is 7.11. The van der Waals surface area contributed by atoms with Gasteiger partial charge in [-0.15, -0.1) is 11.3 Å². The molecule has 3 rings (SSSR count). The van der Waals surface area contributed by atoms with Crippen LogP contribution in [0.15, 0.2) is 18.2 Å². The number of hydrogen-bond acceptors (Lipinski definition) is 4. The number of thiazole rings is 1. The van der Waals surface area contributed by atoms with E-state index in [2.05, 4.69) is 4.98 Å². The van der Waals surface area contributed by atoms with Gasteiger partial charge in [0.1, 0.15) is 11.9 Å². The van der Waals surface area contributed by atoms with Gasteiger partial charge in [0.15, 0.2) is 0 Å². The van der Waals surface area contributed by atoms with Crippen LogP contribution >= 0.6 is 11.3 Å². The molecule has 0 amide bonds. The van der Waals surface area contributed by atoms with Crippen LogP contribution in [0.4, 0.5) is 0 Å². The van der Waals surface area contributed by atoms with Crippen molar-refractivity contribution < 1.29 is 9.84 Å². The first kappa shape index (κ1) is 11.7. The molecule has 4 heteroatoms. The Morgan fingerprint density at radius 3 is 2.94 bits per heavy atom. The number of benzene rings is 1. The molecule has 0 bridgehead atoms. The number of nitrogens with zero attached hydrogens (tertiary/aromatic N) is 1. The zero-order valence-electron chi connectivity index (χ0n) is 10.4. The fraction of sp³-hybridized carbons (Fsp3) is 0.357. The summed E-state index contributed by atoms with van der Waals surface area (Å²) in [5, 5.41) is 11.4. The molecule has 94 valence electrons. The van der Waals surface area contributed by atoms with E-state index in [0.29, 0.717) is 0 Å². The van der Waals surface area contributed by atoms with Crippen LogP contribution in [-0.4, -0.2) is 16.7 Å². The second-order valence-electron chi connectivity index (χ2n) is 4.55. The highest BCUT2D eigenvalue weighted by Crippen LogP contribution is 2.33. The number of ether oxygens (including phenoxy) is 1. The average molecular weight is 261 g/mol. The second kappa shape index (κ2) is 4.37. The molecule has 1 aliphatic rings. The van der Waals surface area contributed by atoms with Gasteiger partial charge in [-0.05, 0) is 37.1 Å². The summed E-state index contributed by atoms with van der Waals surface area (Å²) in [6.07, 6.45) is 0.346. The normalized spacial score (nSPS) is 15.3. The molecular weight excluding hydrogens is 246 g/mol. The minimum atomic E-state index is -0.581. The molecule has 0 saturated heterocycles.